The first-order valence-corrected chi connectivity index (χ1v) is 6.56. The minimum atomic E-state index is -4.11. The Morgan fingerprint density at radius 1 is 1.29 bits per heavy atom. The van der Waals surface area contributed by atoms with Crippen LogP contribution in [0.1, 0.15) is 5.56 Å². The van der Waals surface area contributed by atoms with Crippen molar-refractivity contribution in [3.63, 3.8) is 0 Å². The van der Waals surface area contributed by atoms with Crippen LogP contribution >= 0.6 is 11.6 Å². The van der Waals surface area contributed by atoms with Gasteiger partial charge in [0.2, 0.25) is 0 Å². The molecule has 1 aromatic carbocycles. The summed E-state index contributed by atoms with van der Waals surface area (Å²) in [7, 11) is 0. The summed E-state index contributed by atoms with van der Waals surface area (Å²) in [5.74, 6) is -4.11. The van der Waals surface area contributed by atoms with Crippen LogP contribution in [0.5, 0.6) is 0 Å². The fourth-order valence-electron chi connectivity index (χ4n) is 1.46. The number of rotatable bonds is 9. The van der Waals surface area contributed by atoms with Crippen LogP contribution < -0.4 is 5.32 Å². The van der Waals surface area contributed by atoms with Crippen LogP contribution in [0.4, 0.5) is 17.6 Å². The number of ether oxygens (including phenoxy) is 1. The Morgan fingerprint density at radius 2 is 1.95 bits per heavy atom. The minimum absolute atomic E-state index is 0.127. The molecule has 0 spiro atoms. The van der Waals surface area contributed by atoms with E-state index in [2.05, 4.69) is 5.32 Å². The SMILES string of the molecule is OC(CNCC(F)(F)C(F)F)COCc1ccccc1Cl. The van der Waals surface area contributed by atoms with E-state index in [1.54, 1.807) is 24.3 Å². The number of hydrogen-bond acceptors (Lipinski definition) is 3. The Balaban J connectivity index is 2.20. The Hall–Kier alpha value is -0.890. The number of aliphatic hydroxyl groups is 1. The van der Waals surface area contributed by atoms with Crippen molar-refractivity contribution < 1.29 is 27.4 Å². The molecule has 1 atom stereocenters. The van der Waals surface area contributed by atoms with Gasteiger partial charge in [0.15, 0.2) is 0 Å². The molecule has 0 heterocycles. The van der Waals surface area contributed by atoms with Crippen LogP contribution in [0, 0.1) is 0 Å². The standard InChI is InChI=1S/C13H16ClF4NO2/c14-11-4-2-1-3-9(11)6-21-7-10(20)5-19-8-13(17,18)12(15)16/h1-4,10,12,19-20H,5-8H2. The minimum Gasteiger partial charge on any atom is -0.389 e. The van der Waals surface area contributed by atoms with Crippen molar-refractivity contribution in [3.05, 3.63) is 34.9 Å². The lowest BCUT2D eigenvalue weighted by Crippen LogP contribution is -2.42. The van der Waals surface area contributed by atoms with Crippen molar-refractivity contribution in [1.82, 2.24) is 5.32 Å². The molecule has 0 saturated heterocycles. The summed E-state index contributed by atoms with van der Waals surface area (Å²) in [6.45, 7) is -1.44. The molecular formula is C13H16ClF4NO2. The number of benzene rings is 1. The maximum Gasteiger partial charge on any atom is 0.319 e. The molecule has 0 aliphatic carbocycles. The molecule has 1 unspecified atom stereocenters. The molecule has 0 bridgehead atoms. The van der Waals surface area contributed by atoms with Gasteiger partial charge in [-0.15, -0.1) is 0 Å². The number of alkyl halides is 4. The van der Waals surface area contributed by atoms with Gasteiger partial charge in [0.05, 0.1) is 25.9 Å². The van der Waals surface area contributed by atoms with E-state index in [0.29, 0.717) is 5.02 Å². The average Bonchev–Trinajstić information content (AvgIpc) is 2.40. The van der Waals surface area contributed by atoms with Crippen LogP contribution in [0.2, 0.25) is 5.02 Å². The van der Waals surface area contributed by atoms with Crippen LogP contribution in [-0.2, 0) is 11.3 Å². The molecule has 120 valence electrons. The number of halogens is 5. The van der Waals surface area contributed by atoms with Gasteiger partial charge in [-0.2, -0.15) is 8.78 Å². The third kappa shape index (κ3) is 6.60. The van der Waals surface area contributed by atoms with Gasteiger partial charge < -0.3 is 15.2 Å². The number of aliphatic hydroxyl groups excluding tert-OH is 1. The monoisotopic (exact) mass is 329 g/mol. The number of nitrogens with one attached hydrogen (secondary N) is 1. The molecule has 21 heavy (non-hydrogen) atoms. The molecular weight excluding hydrogens is 314 g/mol. The maximum absolute atomic E-state index is 12.6. The second-order valence-electron chi connectivity index (χ2n) is 4.45. The smallest absolute Gasteiger partial charge is 0.319 e. The van der Waals surface area contributed by atoms with E-state index < -0.39 is 25.0 Å². The van der Waals surface area contributed by atoms with Crippen molar-refractivity contribution >= 4 is 11.6 Å². The normalized spacial score (nSPS) is 13.7. The third-order valence-corrected chi connectivity index (χ3v) is 2.95. The zero-order valence-electron chi connectivity index (χ0n) is 11.0. The van der Waals surface area contributed by atoms with Crippen molar-refractivity contribution in [2.24, 2.45) is 0 Å². The summed E-state index contributed by atoms with van der Waals surface area (Å²) in [4.78, 5) is 0. The van der Waals surface area contributed by atoms with Crippen LogP contribution in [0.25, 0.3) is 0 Å². The first-order chi connectivity index (χ1) is 9.83. The van der Waals surface area contributed by atoms with Crippen LogP contribution in [0.15, 0.2) is 24.3 Å². The molecule has 0 aliphatic rings. The van der Waals surface area contributed by atoms with Gasteiger partial charge in [0, 0.05) is 11.6 Å². The Labute approximate surface area is 124 Å². The predicted octanol–water partition coefficient (Wildman–Crippen LogP) is 2.71. The largest absolute Gasteiger partial charge is 0.389 e. The second-order valence-corrected chi connectivity index (χ2v) is 4.86. The molecule has 0 saturated carbocycles. The van der Waals surface area contributed by atoms with E-state index in [9.17, 15) is 22.7 Å². The topological polar surface area (TPSA) is 41.5 Å². The summed E-state index contributed by atoms with van der Waals surface area (Å²) in [5, 5.41) is 12.1. The molecule has 1 aromatic rings. The zero-order valence-corrected chi connectivity index (χ0v) is 11.8. The molecule has 0 amide bonds. The molecule has 0 fully saturated rings. The zero-order chi connectivity index (χ0) is 15.9. The summed E-state index contributed by atoms with van der Waals surface area (Å²) in [5.41, 5.74) is 0.726. The highest BCUT2D eigenvalue weighted by Gasteiger charge is 2.40. The third-order valence-electron chi connectivity index (χ3n) is 2.59. The van der Waals surface area contributed by atoms with Gasteiger partial charge in [-0.1, -0.05) is 29.8 Å². The Morgan fingerprint density at radius 3 is 2.57 bits per heavy atom. The van der Waals surface area contributed by atoms with Gasteiger partial charge in [0.1, 0.15) is 0 Å². The van der Waals surface area contributed by atoms with Gasteiger partial charge in [-0.3, -0.25) is 0 Å². The average molecular weight is 330 g/mol. The fraction of sp³-hybridized carbons (Fsp3) is 0.538. The molecule has 1 rings (SSSR count). The Kier molecular flexibility index (Phi) is 7.37. The van der Waals surface area contributed by atoms with Crippen molar-refractivity contribution in [2.45, 2.75) is 25.1 Å². The lowest BCUT2D eigenvalue weighted by Gasteiger charge is -2.17. The van der Waals surface area contributed by atoms with E-state index in [4.69, 9.17) is 16.3 Å². The van der Waals surface area contributed by atoms with E-state index in [1.807, 2.05) is 0 Å². The molecule has 0 radical (unpaired) electrons. The van der Waals surface area contributed by atoms with Gasteiger partial charge in [-0.05, 0) is 11.6 Å². The highest BCUT2D eigenvalue weighted by Crippen LogP contribution is 2.21. The molecule has 0 aromatic heterocycles. The van der Waals surface area contributed by atoms with Crippen molar-refractivity contribution in [3.8, 4) is 0 Å². The second kappa shape index (κ2) is 8.53. The highest BCUT2D eigenvalue weighted by molar-refractivity contribution is 6.31. The summed E-state index contributed by atoms with van der Waals surface area (Å²) >= 11 is 5.89. The van der Waals surface area contributed by atoms with Crippen LogP contribution in [0.3, 0.4) is 0 Å². The maximum atomic E-state index is 12.6. The summed E-state index contributed by atoms with van der Waals surface area (Å²) in [6.07, 6.45) is -4.82. The predicted molar refractivity (Wildman–Crippen MR) is 70.9 cm³/mol. The summed E-state index contributed by atoms with van der Waals surface area (Å²) in [6, 6.07) is 6.96. The van der Waals surface area contributed by atoms with E-state index >= 15 is 0 Å². The lowest BCUT2D eigenvalue weighted by molar-refractivity contribution is -0.126. The highest BCUT2D eigenvalue weighted by atomic mass is 35.5. The molecule has 2 N–H and O–H groups in total. The van der Waals surface area contributed by atoms with E-state index in [-0.39, 0.29) is 19.8 Å². The van der Waals surface area contributed by atoms with Gasteiger partial charge in [-0.25, -0.2) is 8.78 Å². The van der Waals surface area contributed by atoms with Crippen molar-refractivity contribution in [2.75, 3.05) is 19.7 Å². The quantitative estimate of drug-likeness (QED) is 0.685. The van der Waals surface area contributed by atoms with Gasteiger partial charge in [0.25, 0.3) is 0 Å². The first kappa shape index (κ1) is 18.2. The van der Waals surface area contributed by atoms with E-state index in [1.165, 1.54) is 0 Å². The number of hydrogen-bond donors (Lipinski definition) is 2. The lowest BCUT2D eigenvalue weighted by atomic mass is 10.2. The molecule has 3 nitrogen and oxygen atoms in total. The molecule has 0 aliphatic heterocycles. The summed E-state index contributed by atoms with van der Waals surface area (Å²) < 4.78 is 54.1. The van der Waals surface area contributed by atoms with Gasteiger partial charge >= 0.3 is 12.3 Å². The Bertz CT molecular complexity index is 434. The molecule has 8 heteroatoms. The van der Waals surface area contributed by atoms with E-state index in [0.717, 1.165) is 5.56 Å². The van der Waals surface area contributed by atoms with Crippen molar-refractivity contribution in [1.29, 1.82) is 0 Å². The van der Waals surface area contributed by atoms with Crippen LogP contribution in [-0.4, -0.2) is 43.3 Å². The fourth-order valence-corrected chi connectivity index (χ4v) is 1.65. The first-order valence-electron chi connectivity index (χ1n) is 6.19.